The number of hydrogen-bond acceptors (Lipinski definition) is 4. The van der Waals surface area contributed by atoms with Crippen LogP contribution in [0.4, 0.5) is 4.79 Å². The summed E-state index contributed by atoms with van der Waals surface area (Å²) in [4.78, 5) is 24.8. The molecule has 1 aromatic carbocycles. The van der Waals surface area contributed by atoms with Crippen molar-refractivity contribution in [1.29, 1.82) is 0 Å². The van der Waals surface area contributed by atoms with Crippen molar-refractivity contribution in [1.82, 2.24) is 10.6 Å². The Bertz CT molecular complexity index is 700. The lowest BCUT2D eigenvalue weighted by Crippen LogP contribution is -2.46. The SMILES string of the molecule is CCCCCCCOc1ccccc1C1NC(=O)NC(CC)=C1C(=O)OCC. The third kappa shape index (κ3) is 5.75. The predicted octanol–water partition coefficient (Wildman–Crippen LogP) is 4.62. The molecule has 28 heavy (non-hydrogen) atoms. The summed E-state index contributed by atoms with van der Waals surface area (Å²) >= 11 is 0. The number of carbonyl (C=O) groups excluding carboxylic acids is 2. The van der Waals surface area contributed by atoms with Crippen LogP contribution in [-0.4, -0.2) is 25.2 Å². The number of urea groups is 1. The van der Waals surface area contributed by atoms with Gasteiger partial charge in [-0.2, -0.15) is 0 Å². The molecule has 0 spiro atoms. The highest BCUT2D eigenvalue weighted by molar-refractivity contribution is 5.95. The van der Waals surface area contributed by atoms with Crippen LogP contribution in [-0.2, 0) is 9.53 Å². The standard InChI is InChI=1S/C22H32N2O4/c1-4-7-8-9-12-15-28-18-14-11-10-13-16(18)20-19(21(25)27-6-3)17(5-2)23-22(26)24-20/h10-11,13-14,20H,4-9,12,15H2,1-3H3,(H2,23,24,26). The number of carbonyl (C=O) groups is 2. The summed E-state index contributed by atoms with van der Waals surface area (Å²) < 4.78 is 11.3. The number of esters is 1. The third-order valence-corrected chi connectivity index (χ3v) is 4.74. The van der Waals surface area contributed by atoms with Crippen LogP contribution >= 0.6 is 0 Å². The average molecular weight is 389 g/mol. The smallest absolute Gasteiger partial charge is 0.338 e. The lowest BCUT2D eigenvalue weighted by molar-refractivity contribution is -0.139. The van der Waals surface area contributed by atoms with Crippen molar-refractivity contribution in [3.63, 3.8) is 0 Å². The van der Waals surface area contributed by atoms with Gasteiger partial charge < -0.3 is 20.1 Å². The van der Waals surface area contributed by atoms with E-state index in [1.807, 2.05) is 31.2 Å². The summed E-state index contributed by atoms with van der Waals surface area (Å²) in [7, 11) is 0. The molecular weight excluding hydrogens is 356 g/mol. The van der Waals surface area contributed by atoms with E-state index in [0.29, 0.717) is 30.0 Å². The Labute approximate surface area is 167 Å². The molecule has 6 heteroatoms. The molecule has 1 unspecified atom stereocenters. The van der Waals surface area contributed by atoms with Crippen LogP contribution in [0.1, 0.15) is 70.9 Å². The van der Waals surface area contributed by atoms with Gasteiger partial charge in [-0.15, -0.1) is 0 Å². The largest absolute Gasteiger partial charge is 0.493 e. The summed E-state index contributed by atoms with van der Waals surface area (Å²) in [5.74, 6) is 0.258. The summed E-state index contributed by atoms with van der Waals surface area (Å²) in [6.07, 6.45) is 6.30. The molecule has 0 saturated heterocycles. The Balaban J connectivity index is 2.23. The lowest BCUT2D eigenvalue weighted by Gasteiger charge is -2.30. The summed E-state index contributed by atoms with van der Waals surface area (Å²) in [6, 6.07) is 6.61. The van der Waals surface area contributed by atoms with E-state index in [2.05, 4.69) is 17.6 Å². The van der Waals surface area contributed by atoms with Crippen LogP contribution in [0.25, 0.3) is 0 Å². The zero-order valence-electron chi connectivity index (χ0n) is 17.2. The van der Waals surface area contributed by atoms with E-state index in [1.54, 1.807) is 6.92 Å². The molecule has 2 rings (SSSR count). The molecule has 2 amide bonds. The van der Waals surface area contributed by atoms with E-state index >= 15 is 0 Å². The highest BCUT2D eigenvalue weighted by Gasteiger charge is 2.34. The van der Waals surface area contributed by atoms with Crippen molar-refractivity contribution in [3.8, 4) is 5.75 Å². The van der Waals surface area contributed by atoms with E-state index in [0.717, 1.165) is 18.4 Å². The van der Waals surface area contributed by atoms with Crippen LogP contribution in [0.2, 0.25) is 0 Å². The van der Waals surface area contributed by atoms with E-state index in [4.69, 9.17) is 9.47 Å². The fraction of sp³-hybridized carbons (Fsp3) is 0.545. The number of nitrogens with one attached hydrogen (secondary N) is 2. The maximum Gasteiger partial charge on any atom is 0.338 e. The molecule has 1 aliphatic heterocycles. The first-order valence-corrected chi connectivity index (χ1v) is 10.3. The van der Waals surface area contributed by atoms with Crippen molar-refractivity contribution in [3.05, 3.63) is 41.1 Å². The number of amides is 2. The van der Waals surface area contributed by atoms with Gasteiger partial charge in [0.05, 0.1) is 24.8 Å². The number of benzene rings is 1. The van der Waals surface area contributed by atoms with Crippen LogP contribution in [0, 0.1) is 0 Å². The summed E-state index contributed by atoms with van der Waals surface area (Å²) in [5.41, 5.74) is 1.78. The maximum absolute atomic E-state index is 12.6. The highest BCUT2D eigenvalue weighted by atomic mass is 16.5. The molecular formula is C22H32N2O4. The topological polar surface area (TPSA) is 76.7 Å². The Hall–Kier alpha value is -2.50. The molecule has 0 radical (unpaired) electrons. The zero-order valence-corrected chi connectivity index (χ0v) is 17.2. The Kier molecular flexibility index (Phi) is 8.85. The van der Waals surface area contributed by atoms with Gasteiger partial charge in [0.15, 0.2) is 0 Å². The molecule has 1 atom stereocenters. The van der Waals surface area contributed by atoms with Crippen LogP contribution < -0.4 is 15.4 Å². The van der Waals surface area contributed by atoms with Crippen LogP contribution in [0.3, 0.4) is 0 Å². The highest BCUT2D eigenvalue weighted by Crippen LogP contribution is 2.34. The van der Waals surface area contributed by atoms with Crippen LogP contribution in [0.5, 0.6) is 5.75 Å². The molecule has 0 fully saturated rings. The third-order valence-electron chi connectivity index (χ3n) is 4.74. The number of ether oxygens (including phenoxy) is 2. The van der Waals surface area contributed by atoms with E-state index in [-0.39, 0.29) is 12.6 Å². The predicted molar refractivity (Wildman–Crippen MR) is 109 cm³/mol. The van der Waals surface area contributed by atoms with Crippen molar-refractivity contribution < 1.29 is 19.1 Å². The molecule has 154 valence electrons. The first-order valence-electron chi connectivity index (χ1n) is 10.3. The van der Waals surface area contributed by atoms with E-state index in [1.165, 1.54) is 19.3 Å². The first kappa shape index (κ1) is 21.8. The second-order valence-corrected chi connectivity index (χ2v) is 6.80. The molecule has 2 N–H and O–H groups in total. The molecule has 1 heterocycles. The minimum Gasteiger partial charge on any atom is -0.493 e. The molecule has 0 aliphatic carbocycles. The van der Waals surface area contributed by atoms with Crippen molar-refractivity contribution >= 4 is 12.0 Å². The fourth-order valence-corrected chi connectivity index (χ4v) is 3.32. The minimum atomic E-state index is -0.598. The van der Waals surface area contributed by atoms with Crippen LogP contribution in [0.15, 0.2) is 35.5 Å². The number of unbranched alkanes of at least 4 members (excludes halogenated alkanes) is 4. The molecule has 0 bridgehead atoms. The number of hydrogen-bond donors (Lipinski definition) is 2. The quantitative estimate of drug-likeness (QED) is 0.428. The molecule has 0 aromatic heterocycles. The second kappa shape index (κ2) is 11.4. The van der Waals surface area contributed by atoms with Gasteiger partial charge in [-0.1, -0.05) is 57.7 Å². The van der Waals surface area contributed by atoms with E-state index in [9.17, 15) is 9.59 Å². The number of allylic oxidation sites excluding steroid dienone is 1. The molecule has 0 saturated carbocycles. The van der Waals surface area contributed by atoms with Gasteiger partial charge in [0.2, 0.25) is 0 Å². The average Bonchev–Trinajstić information content (AvgIpc) is 2.70. The van der Waals surface area contributed by atoms with Gasteiger partial charge in [-0.25, -0.2) is 9.59 Å². The van der Waals surface area contributed by atoms with E-state index < -0.39 is 12.0 Å². The molecule has 6 nitrogen and oxygen atoms in total. The Morgan fingerprint density at radius 3 is 2.54 bits per heavy atom. The maximum atomic E-state index is 12.6. The normalized spacial score (nSPS) is 16.4. The van der Waals surface area contributed by atoms with Gasteiger partial charge in [0.1, 0.15) is 5.75 Å². The minimum absolute atomic E-state index is 0.274. The lowest BCUT2D eigenvalue weighted by atomic mass is 9.93. The van der Waals surface area contributed by atoms with Crippen molar-refractivity contribution in [2.24, 2.45) is 0 Å². The van der Waals surface area contributed by atoms with Gasteiger partial charge >= 0.3 is 12.0 Å². The molecule has 1 aromatic rings. The number of rotatable bonds is 11. The fourth-order valence-electron chi connectivity index (χ4n) is 3.32. The summed E-state index contributed by atoms with van der Waals surface area (Å²) in [6.45, 7) is 6.74. The monoisotopic (exact) mass is 388 g/mol. The Morgan fingerprint density at radius 1 is 1.07 bits per heavy atom. The second-order valence-electron chi connectivity index (χ2n) is 6.80. The summed E-state index contributed by atoms with van der Waals surface area (Å²) in [5, 5.41) is 5.59. The number of para-hydroxylation sites is 1. The van der Waals surface area contributed by atoms with Gasteiger partial charge in [0, 0.05) is 11.3 Å². The van der Waals surface area contributed by atoms with Crippen molar-refractivity contribution in [2.75, 3.05) is 13.2 Å². The molecule has 1 aliphatic rings. The van der Waals surface area contributed by atoms with Gasteiger partial charge in [0.25, 0.3) is 0 Å². The Morgan fingerprint density at radius 2 is 1.82 bits per heavy atom. The zero-order chi connectivity index (χ0) is 20.4. The van der Waals surface area contributed by atoms with Crippen molar-refractivity contribution in [2.45, 2.75) is 65.3 Å². The first-order chi connectivity index (χ1) is 13.6. The van der Waals surface area contributed by atoms with Gasteiger partial charge in [-0.05, 0) is 25.8 Å². The van der Waals surface area contributed by atoms with Gasteiger partial charge in [-0.3, -0.25) is 0 Å².